The summed E-state index contributed by atoms with van der Waals surface area (Å²) in [6, 6.07) is 4.57. The molecular weight excluding hydrogens is 359 g/mol. The van der Waals surface area contributed by atoms with Crippen LogP contribution in [0.25, 0.3) is 0 Å². The summed E-state index contributed by atoms with van der Waals surface area (Å²) in [6.07, 6.45) is 0.0534. The van der Waals surface area contributed by atoms with Crippen molar-refractivity contribution >= 4 is 11.6 Å². The number of rotatable bonds is 3. The summed E-state index contributed by atoms with van der Waals surface area (Å²) < 4.78 is 43.5. The lowest BCUT2D eigenvalue weighted by Gasteiger charge is -2.39. The Morgan fingerprint density at radius 2 is 1.89 bits per heavy atom. The van der Waals surface area contributed by atoms with Gasteiger partial charge in [-0.05, 0) is 30.9 Å². The lowest BCUT2D eigenvalue weighted by Crippen LogP contribution is -2.48. The van der Waals surface area contributed by atoms with E-state index in [2.05, 4.69) is 24.8 Å². The Labute approximate surface area is 155 Å². The highest BCUT2D eigenvalue weighted by Gasteiger charge is 2.40. The average molecular weight is 379 g/mol. The number of methoxy groups -OCH3 is 1. The highest BCUT2D eigenvalue weighted by Crippen LogP contribution is 2.36. The minimum absolute atomic E-state index is 0.198. The maximum atomic E-state index is 12.8. The number of hydrogen-bond acceptors (Lipinski definition) is 6. The van der Waals surface area contributed by atoms with Crippen molar-refractivity contribution in [2.75, 3.05) is 36.5 Å². The van der Waals surface area contributed by atoms with Crippen molar-refractivity contribution in [2.45, 2.75) is 25.1 Å². The van der Waals surface area contributed by atoms with Crippen molar-refractivity contribution < 1.29 is 17.9 Å². The molecule has 2 aromatic rings. The van der Waals surface area contributed by atoms with E-state index in [1.807, 2.05) is 0 Å². The number of pyridine rings is 1. The van der Waals surface area contributed by atoms with Crippen molar-refractivity contribution in [3.05, 3.63) is 36.3 Å². The summed E-state index contributed by atoms with van der Waals surface area (Å²) >= 11 is 0. The highest BCUT2D eigenvalue weighted by atomic mass is 19.4. The van der Waals surface area contributed by atoms with Gasteiger partial charge in [-0.2, -0.15) is 13.2 Å². The van der Waals surface area contributed by atoms with Crippen molar-refractivity contribution in [2.24, 2.45) is 5.92 Å². The number of hydrogen-bond donors (Lipinski definition) is 0. The highest BCUT2D eigenvalue weighted by molar-refractivity contribution is 5.47. The molecule has 0 spiro atoms. The number of alkyl halides is 3. The molecule has 0 N–H and O–H groups in total. The van der Waals surface area contributed by atoms with Gasteiger partial charge in [0.15, 0.2) is 0 Å². The number of aromatic nitrogens is 3. The fourth-order valence-electron chi connectivity index (χ4n) is 3.97. The maximum absolute atomic E-state index is 12.8. The minimum atomic E-state index is -4.37. The standard InChI is InChI=1S/C18H20F3N5O/c1-27-17-8-16(23-11-24-17)25-6-4-12-5-7-26(14(12)10-25)15-3-2-13(9-22-15)18(19,20)21/h2-3,8-9,11-12,14H,4-7,10H2,1H3. The first-order valence-corrected chi connectivity index (χ1v) is 8.86. The van der Waals surface area contributed by atoms with Crippen LogP contribution in [0.5, 0.6) is 5.88 Å². The Morgan fingerprint density at radius 1 is 1.07 bits per heavy atom. The van der Waals surface area contributed by atoms with E-state index < -0.39 is 11.7 Å². The van der Waals surface area contributed by atoms with Crippen molar-refractivity contribution in [1.82, 2.24) is 15.0 Å². The van der Waals surface area contributed by atoms with Gasteiger partial charge >= 0.3 is 6.18 Å². The summed E-state index contributed by atoms with van der Waals surface area (Å²) in [5, 5.41) is 0. The SMILES string of the molecule is COc1cc(N2CCC3CCN(c4ccc(C(F)(F)F)cn4)C3C2)ncn1. The molecule has 9 heteroatoms. The fraction of sp³-hybridized carbons (Fsp3) is 0.500. The second kappa shape index (κ2) is 6.86. The molecule has 6 nitrogen and oxygen atoms in total. The van der Waals surface area contributed by atoms with Crippen LogP contribution in [-0.2, 0) is 6.18 Å². The van der Waals surface area contributed by atoms with Crippen molar-refractivity contribution in [1.29, 1.82) is 0 Å². The number of anilines is 2. The molecular formula is C18H20F3N5O. The van der Waals surface area contributed by atoms with Crippen LogP contribution in [-0.4, -0.2) is 47.7 Å². The summed E-state index contributed by atoms with van der Waals surface area (Å²) in [5.74, 6) is 2.41. The number of piperidine rings is 1. The predicted octanol–water partition coefficient (Wildman–Crippen LogP) is 3.00. The predicted molar refractivity (Wildman–Crippen MR) is 93.9 cm³/mol. The van der Waals surface area contributed by atoms with E-state index in [1.165, 1.54) is 12.4 Å². The third-order valence-corrected chi connectivity index (χ3v) is 5.39. The van der Waals surface area contributed by atoms with Gasteiger partial charge in [-0.1, -0.05) is 0 Å². The van der Waals surface area contributed by atoms with E-state index >= 15 is 0 Å². The van der Waals surface area contributed by atoms with Gasteiger partial charge in [0.2, 0.25) is 5.88 Å². The fourth-order valence-corrected chi connectivity index (χ4v) is 3.97. The van der Waals surface area contributed by atoms with Crippen LogP contribution in [0.1, 0.15) is 18.4 Å². The third-order valence-electron chi connectivity index (χ3n) is 5.39. The lowest BCUT2D eigenvalue weighted by atomic mass is 9.92. The topological polar surface area (TPSA) is 54.4 Å². The number of fused-ring (bicyclic) bond motifs is 1. The normalized spacial score (nSPS) is 22.7. The molecule has 2 atom stereocenters. The minimum Gasteiger partial charge on any atom is -0.481 e. The van der Waals surface area contributed by atoms with E-state index in [4.69, 9.17) is 4.74 Å². The molecule has 2 aliphatic heterocycles. The Balaban J connectivity index is 1.53. The van der Waals surface area contributed by atoms with Gasteiger partial charge in [0.1, 0.15) is 18.0 Å². The Hall–Kier alpha value is -2.58. The molecule has 0 bridgehead atoms. The van der Waals surface area contributed by atoms with E-state index in [0.717, 1.165) is 50.6 Å². The molecule has 0 aromatic carbocycles. The second-order valence-electron chi connectivity index (χ2n) is 6.87. The molecule has 4 rings (SSSR count). The van der Waals surface area contributed by atoms with E-state index in [0.29, 0.717) is 17.6 Å². The van der Waals surface area contributed by atoms with E-state index in [1.54, 1.807) is 13.2 Å². The average Bonchev–Trinajstić information content (AvgIpc) is 3.10. The van der Waals surface area contributed by atoms with Crippen molar-refractivity contribution in [3.63, 3.8) is 0 Å². The zero-order valence-electron chi connectivity index (χ0n) is 14.9. The van der Waals surface area contributed by atoms with Gasteiger partial charge < -0.3 is 14.5 Å². The first-order valence-electron chi connectivity index (χ1n) is 8.86. The molecule has 0 saturated carbocycles. The van der Waals surface area contributed by atoms with E-state index in [9.17, 15) is 13.2 Å². The smallest absolute Gasteiger partial charge is 0.417 e. The molecule has 2 aromatic heterocycles. The molecule has 2 aliphatic rings. The third kappa shape index (κ3) is 3.50. The summed E-state index contributed by atoms with van der Waals surface area (Å²) in [6.45, 7) is 2.43. The van der Waals surface area contributed by atoms with Gasteiger partial charge in [0.05, 0.1) is 18.7 Å². The van der Waals surface area contributed by atoms with E-state index in [-0.39, 0.29) is 6.04 Å². The maximum Gasteiger partial charge on any atom is 0.417 e. The van der Waals surface area contributed by atoms with Crippen LogP contribution in [0.3, 0.4) is 0 Å². The summed E-state index contributed by atoms with van der Waals surface area (Å²) in [7, 11) is 1.56. The summed E-state index contributed by atoms with van der Waals surface area (Å²) in [5.41, 5.74) is -0.722. The Morgan fingerprint density at radius 3 is 2.59 bits per heavy atom. The van der Waals surface area contributed by atoms with Gasteiger partial charge in [0, 0.05) is 31.9 Å². The monoisotopic (exact) mass is 379 g/mol. The number of nitrogens with zero attached hydrogens (tertiary/aromatic N) is 5. The number of ether oxygens (including phenoxy) is 1. The molecule has 0 amide bonds. The van der Waals surface area contributed by atoms with Gasteiger partial charge in [-0.25, -0.2) is 15.0 Å². The Bertz CT molecular complexity index is 798. The number of halogens is 3. The summed E-state index contributed by atoms with van der Waals surface area (Å²) in [4.78, 5) is 16.8. The molecule has 2 fully saturated rings. The second-order valence-corrected chi connectivity index (χ2v) is 6.87. The quantitative estimate of drug-likeness (QED) is 0.817. The Kier molecular flexibility index (Phi) is 4.53. The zero-order chi connectivity index (χ0) is 19.0. The van der Waals surface area contributed by atoms with Crippen LogP contribution in [0, 0.1) is 5.92 Å². The van der Waals surface area contributed by atoms with Gasteiger partial charge in [-0.15, -0.1) is 0 Å². The molecule has 27 heavy (non-hydrogen) atoms. The largest absolute Gasteiger partial charge is 0.481 e. The first-order chi connectivity index (χ1) is 13.0. The van der Waals surface area contributed by atoms with Gasteiger partial charge in [0.25, 0.3) is 0 Å². The molecule has 0 aliphatic carbocycles. The molecule has 0 radical (unpaired) electrons. The van der Waals surface area contributed by atoms with Crippen LogP contribution >= 0.6 is 0 Å². The zero-order valence-corrected chi connectivity index (χ0v) is 14.9. The van der Waals surface area contributed by atoms with Crippen LogP contribution < -0.4 is 14.5 Å². The van der Waals surface area contributed by atoms with Gasteiger partial charge in [-0.3, -0.25) is 0 Å². The molecule has 4 heterocycles. The molecule has 2 saturated heterocycles. The van der Waals surface area contributed by atoms with Crippen LogP contribution in [0.4, 0.5) is 24.8 Å². The molecule has 2 unspecified atom stereocenters. The van der Waals surface area contributed by atoms with Crippen molar-refractivity contribution in [3.8, 4) is 5.88 Å². The first kappa shape index (κ1) is 17.8. The lowest BCUT2D eigenvalue weighted by molar-refractivity contribution is -0.137. The molecule has 144 valence electrons. The van der Waals surface area contributed by atoms with Crippen LogP contribution in [0.15, 0.2) is 30.7 Å². The van der Waals surface area contributed by atoms with Crippen LogP contribution in [0.2, 0.25) is 0 Å².